The summed E-state index contributed by atoms with van der Waals surface area (Å²) in [6.07, 6.45) is 1.26. The molecule has 0 bridgehead atoms. The predicted molar refractivity (Wildman–Crippen MR) is 61.5 cm³/mol. The van der Waals surface area contributed by atoms with Crippen LogP contribution in [-0.2, 0) is 11.2 Å². The van der Waals surface area contributed by atoms with Gasteiger partial charge >= 0.3 is 5.97 Å². The van der Waals surface area contributed by atoms with E-state index in [-0.39, 0.29) is 0 Å². The number of carboxylic acids is 1. The van der Waals surface area contributed by atoms with E-state index in [0.29, 0.717) is 13.0 Å². The van der Waals surface area contributed by atoms with Gasteiger partial charge in [0.05, 0.1) is 6.61 Å². The van der Waals surface area contributed by atoms with E-state index in [1.54, 1.807) is 0 Å². The van der Waals surface area contributed by atoms with Crippen LogP contribution >= 0.6 is 0 Å². The Morgan fingerprint density at radius 2 is 2.31 bits per heavy atom. The fourth-order valence-corrected chi connectivity index (χ4v) is 1.28. The first-order valence-electron chi connectivity index (χ1n) is 5.33. The standard InChI is InChI=1S/C12H17NO3/c1-2-9-4-3-5-10(8-9)16-7-6-11(13)12(14)15/h3-5,8,11H,2,6-7,13H2,1H3,(H,14,15). The molecule has 0 aliphatic rings. The van der Waals surface area contributed by atoms with Crippen molar-refractivity contribution < 1.29 is 14.6 Å². The van der Waals surface area contributed by atoms with E-state index in [1.807, 2.05) is 24.3 Å². The first kappa shape index (κ1) is 12.5. The molecule has 16 heavy (non-hydrogen) atoms. The van der Waals surface area contributed by atoms with Crippen LogP contribution in [0.25, 0.3) is 0 Å². The van der Waals surface area contributed by atoms with Crippen LogP contribution in [0.15, 0.2) is 24.3 Å². The lowest BCUT2D eigenvalue weighted by molar-refractivity contribution is -0.138. The minimum absolute atomic E-state index is 0.311. The van der Waals surface area contributed by atoms with Crippen LogP contribution in [-0.4, -0.2) is 23.7 Å². The van der Waals surface area contributed by atoms with Gasteiger partial charge in [-0.25, -0.2) is 0 Å². The highest BCUT2D eigenvalue weighted by Crippen LogP contribution is 2.13. The van der Waals surface area contributed by atoms with Crippen molar-refractivity contribution in [3.8, 4) is 5.75 Å². The summed E-state index contributed by atoms with van der Waals surface area (Å²) >= 11 is 0. The molecular formula is C12H17NO3. The van der Waals surface area contributed by atoms with E-state index >= 15 is 0 Å². The summed E-state index contributed by atoms with van der Waals surface area (Å²) in [7, 11) is 0. The Morgan fingerprint density at radius 3 is 2.94 bits per heavy atom. The number of carboxylic acid groups (broad SMARTS) is 1. The molecule has 1 unspecified atom stereocenters. The fourth-order valence-electron chi connectivity index (χ4n) is 1.28. The predicted octanol–water partition coefficient (Wildman–Crippen LogP) is 1.43. The lowest BCUT2D eigenvalue weighted by Gasteiger charge is -2.09. The molecule has 0 spiro atoms. The Kier molecular flexibility index (Phi) is 4.79. The Morgan fingerprint density at radius 1 is 1.56 bits per heavy atom. The topological polar surface area (TPSA) is 72.5 Å². The number of aryl methyl sites for hydroxylation is 1. The maximum atomic E-state index is 10.5. The molecule has 1 aromatic rings. The zero-order valence-corrected chi connectivity index (χ0v) is 9.35. The molecule has 0 fully saturated rings. The molecule has 4 nitrogen and oxygen atoms in total. The van der Waals surface area contributed by atoms with Crippen LogP contribution in [0.3, 0.4) is 0 Å². The number of rotatable bonds is 6. The largest absolute Gasteiger partial charge is 0.494 e. The molecule has 0 amide bonds. The van der Waals surface area contributed by atoms with Crippen LogP contribution in [0, 0.1) is 0 Å². The van der Waals surface area contributed by atoms with Gasteiger partial charge in [-0.2, -0.15) is 0 Å². The molecule has 1 atom stereocenters. The third kappa shape index (κ3) is 3.90. The van der Waals surface area contributed by atoms with Gasteiger partial charge in [0.2, 0.25) is 0 Å². The molecule has 0 aliphatic carbocycles. The highest BCUT2D eigenvalue weighted by Gasteiger charge is 2.10. The molecule has 0 saturated carbocycles. The summed E-state index contributed by atoms with van der Waals surface area (Å²) < 4.78 is 5.43. The number of hydrogen-bond acceptors (Lipinski definition) is 3. The lowest BCUT2D eigenvalue weighted by Crippen LogP contribution is -2.31. The zero-order valence-electron chi connectivity index (χ0n) is 9.35. The van der Waals surface area contributed by atoms with Gasteiger partial charge in [-0.05, 0) is 24.1 Å². The van der Waals surface area contributed by atoms with Gasteiger partial charge in [0.15, 0.2) is 0 Å². The smallest absolute Gasteiger partial charge is 0.320 e. The molecule has 1 aromatic carbocycles. The summed E-state index contributed by atoms with van der Waals surface area (Å²) in [6, 6.07) is 6.90. The molecular weight excluding hydrogens is 206 g/mol. The molecule has 0 saturated heterocycles. The van der Waals surface area contributed by atoms with Crippen molar-refractivity contribution in [1.82, 2.24) is 0 Å². The van der Waals surface area contributed by atoms with Crippen molar-refractivity contribution in [2.75, 3.05) is 6.61 Å². The number of benzene rings is 1. The second-order valence-electron chi connectivity index (χ2n) is 3.58. The molecule has 4 heteroatoms. The van der Waals surface area contributed by atoms with Crippen LogP contribution in [0.2, 0.25) is 0 Å². The van der Waals surface area contributed by atoms with E-state index in [0.717, 1.165) is 12.2 Å². The second kappa shape index (κ2) is 6.12. The average molecular weight is 223 g/mol. The third-order valence-electron chi connectivity index (χ3n) is 2.32. The third-order valence-corrected chi connectivity index (χ3v) is 2.32. The van der Waals surface area contributed by atoms with E-state index in [4.69, 9.17) is 15.6 Å². The number of ether oxygens (including phenoxy) is 1. The van der Waals surface area contributed by atoms with E-state index in [9.17, 15) is 4.79 Å². The van der Waals surface area contributed by atoms with Crippen molar-refractivity contribution in [1.29, 1.82) is 0 Å². The SMILES string of the molecule is CCc1cccc(OCCC(N)C(=O)O)c1. The van der Waals surface area contributed by atoms with Crippen LogP contribution in [0.4, 0.5) is 0 Å². The monoisotopic (exact) mass is 223 g/mol. The van der Waals surface area contributed by atoms with E-state index in [2.05, 4.69) is 6.92 Å². The van der Waals surface area contributed by atoms with Gasteiger partial charge < -0.3 is 15.6 Å². The van der Waals surface area contributed by atoms with Gasteiger partial charge in [-0.1, -0.05) is 19.1 Å². The quantitative estimate of drug-likeness (QED) is 0.765. The molecule has 0 aromatic heterocycles. The molecule has 3 N–H and O–H groups in total. The Labute approximate surface area is 95.0 Å². The maximum absolute atomic E-state index is 10.5. The summed E-state index contributed by atoms with van der Waals surface area (Å²) in [5.41, 5.74) is 6.55. The van der Waals surface area contributed by atoms with Crippen LogP contribution < -0.4 is 10.5 Å². The van der Waals surface area contributed by atoms with Crippen LogP contribution in [0.1, 0.15) is 18.9 Å². The van der Waals surface area contributed by atoms with Crippen molar-refractivity contribution in [3.63, 3.8) is 0 Å². The van der Waals surface area contributed by atoms with Gasteiger partial charge in [0.1, 0.15) is 11.8 Å². The number of carbonyl (C=O) groups is 1. The summed E-state index contributed by atoms with van der Waals surface area (Å²) in [5, 5.41) is 8.58. The highest BCUT2D eigenvalue weighted by molar-refractivity contribution is 5.72. The molecule has 0 heterocycles. The number of hydrogen-bond donors (Lipinski definition) is 2. The second-order valence-corrected chi connectivity index (χ2v) is 3.58. The first-order chi connectivity index (χ1) is 7.63. The van der Waals surface area contributed by atoms with Gasteiger partial charge in [-0.3, -0.25) is 4.79 Å². The number of nitrogens with two attached hydrogens (primary N) is 1. The van der Waals surface area contributed by atoms with Gasteiger partial charge in [0, 0.05) is 6.42 Å². The molecule has 0 radical (unpaired) electrons. The fraction of sp³-hybridized carbons (Fsp3) is 0.417. The molecule has 1 rings (SSSR count). The first-order valence-corrected chi connectivity index (χ1v) is 5.33. The number of aliphatic carboxylic acids is 1. The van der Waals surface area contributed by atoms with Crippen molar-refractivity contribution in [2.24, 2.45) is 5.73 Å². The van der Waals surface area contributed by atoms with Crippen LogP contribution in [0.5, 0.6) is 5.75 Å². The summed E-state index contributed by atoms with van der Waals surface area (Å²) in [5.74, 6) is -0.233. The normalized spacial score (nSPS) is 12.1. The minimum Gasteiger partial charge on any atom is -0.494 e. The van der Waals surface area contributed by atoms with E-state index in [1.165, 1.54) is 5.56 Å². The zero-order chi connectivity index (χ0) is 12.0. The molecule has 0 aliphatic heterocycles. The Bertz CT molecular complexity index is 352. The Balaban J connectivity index is 2.39. The average Bonchev–Trinajstić information content (AvgIpc) is 2.29. The summed E-state index contributed by atoms with van der Waals surface area (Å²) in [4.78, 5) is 10.5. The lowest BCUT2D eigenvalue weighted by atomic mass is 10.2. The van der Waals surface area contributed by atoms with E-state index < -0.39 is 12.0 Å². The van der Waals surface area contributed by atoms with Crippen molar-refractivity contribution in [2.45, 2.75) is 25.8 Å². The minimum atomic E-state index is -0.995. The van der Waals surface area contributed by atoms with Gasteiger partial charge in [0.25, 0.3) is 0 Å². The molecule has 88 valence electrons. The van der Waals surface area contributed by atoms with Crippen molar-refractivity contribution >= 4 is 5.97 Å². The highest BCUT2D eigenvalue weighted by atomic mass is 16.5. The maximum Gasteiger partial charge on any atom is 0.320 e. The Hall–Kier alpha value is -1.55. The van der Waals surface area contributed by atoms with Crippen molar-refractivity contribution in [3.05, 3.63) is 29.8 Å². The summed E-state index contributed by atoms with van der Waals surface area (Å²) in [6.45, 7) is 2.39. The van der Waals surface area contributed by atoms with Gasteiger partial charge in [-0.15, -0.1) is 0 Å².